The Bertz CT molecular complexity index is 614. The first-order chi connectivity index (χ1) is 10.0. The number of hydrogen-bond acceptors (Lipinski definition) is 6. The van der Waals surface area contributed by atoms with Crippen LogP contribution in [-0.4, -0.2) is 40.7 Å². The van der Waals surface area contributed by atoms with Crippen LogP contribution in [0.4, 0.5) is 0 Å². The predicted molar refractivity (Wildman–Crippen MR) is 77.4 cm³/mol. The molecule has 1 aliphatic rings. The molecule has 0 radical (unpaired) electrons. The Hall–Kier alpha value is -1.83. The smallest absolute Gasteiger partial charge is 0.346 e. The molecule has 0 bridgehead atoms. The molecule has 1 aromatic heterocycles. The second-order valence-electron chi connectivity index (χ2n) is 4.73. The summed E-state index contributed by atoms with van der Waals surface area (Å²) in [7, 11) is 1.26. The molecular weight excluding hydrogens is 294 g/mol. The maximum atomic E-state index is 12.0. The maximum absolute atomic E-state index is 12.0. The normalized spacial score (nSPS) is 18.8. The summed E-state index contributed by atoms with van der Waals surface area (Å²) in [6, 6.07) is 0. The SMILES string of the molecule is COC(=O)c1c(S[C@H]2CCCCNC2=O)nc(=O)[nH]c1C. The van der Waals surface area contributed by atoms with Gasteiger partial charge < -0.3 is 15.0 Å². The number of hydrogen-bond donors (Lipinski definition) is 2. The van der Waals surface area contributed by atoms with Crippen molar-refractivity contribution in [1.82, 2.24) is 15.3 Å². The van der Waals surface area contributed by atoms with Gasteiger partial charge in [-0.1, -0.05) is 18.2 Å². The molecule has 1 fully saturated rings. The fraction of sp³-hybridized carbons (Fsp3) is 0.538. The lowest BCUT2D eigenvalue weighted by Gasteiger charge is -2.14. The van der Waals surface area contributed by atoms with Crippen molar-refractivity contribution in [2.75, 3.05) is 13.7 Å². The number of nitrogens with one attached hydrogen (secondary N) is 2. The molecule has 1 amide bonds. The summed E-state index contributed by atoms with van der Waals surface area (Å²) in [5, 5.41) is 2.70. The number of rotatable bonds is 3. The van der Waals surface area contributed by atoms with E-state index in [1.54, 1.807) is 6.92 Å². The second kappa shape index (κ2) is 6.75. The number of carbonyl (C=O) groups excluding carboxylic acids is 2. The highest BCUT2D eigenvalue weighted by atomic mass is 32.2. The van der Waals surface area contributed by atoms with Gasteiger partial charge in [-0.2, -0.15) is 4.98 Å². The quantitative estimate of drug-likeness (QED) is 0.627. The lowest BCUT2D eigenvalue weighted by atomic mass is 10.2. The van der Waals surface area contributed by atoms with Gasteiger partial charge in [-0.05, 0) is 19.8 Å². The van der Waals surface area contributed by atoms with Crippen LogP contribution in [0.5, 0.6) is 0 Å². The van der Waals surface area contributed by atoms with Crippen molar-refractivity contribution in [2.24, 2.45) is 0 Å². The van der Waals surface area contributed by atoms with Crippen molar-refractivity contribution in [3.05, 3.63) is 21.7 Å². The summed E-state index contributed by atoms with van der Waals surface area (Å²) in [6.45, 7) is 2.26. The van der Waals surface area contributed by atoms with Crippen LogP contribution < -0.4 is 11.0 Å². The summed E-state index contributed by atoms with van der Waals surface area (Å²) in [6.07, 6.45) is 2.52. The Morgan fingerprint density at radius 3 is 2.86 bits per heavy atom. The number of amides is 1. The molecule has 8 heteroatoms. The molecule has 1 aromatic rings. The average molecular weight is 311 g/mol. The molecule has 2 rings (SSSR count). The maximum Gasteiger partial charge on any atom is 0.346 e. The molecule has 7 nitrogen and oxygen atoms in total. The van der Waals surface area contributed by atoms with Crippen LogP contribution in [-0.2, 0) is 9.53 Å². The van der Waals surface area contributed by atoms with E-state index in [0.29, 0.717) is 18.7 Å². The third-order valence-corrected chi connectivity index (χ3v) is 4.47. The van der Waals surface area contributed by atoms with Gasteiger partial charge in [0.2, 0.25) is 5.91 Å². The number of esters is 1. The zero-order valence-corrected chi connectivity index (χ0v) is 12.7. The van der Waals surface area contributed by atoms with Crippen LogP contribution in [0.15, 0.2) is 9.82 Å². The van der Waals surface area contributed by atoms with Crippen LogP contribution in [0, 0.1) is 6.92 Å². The molecule has 1 atom stereocenters. The molecule has 0 aliphatic carbocycles. The monoisotopic (exact) mass is 311 g/mol. The fourth-order valence-corrected chi connectivity index (χ4v) is 3.38. The van der Waals surface area contributed by atoms with E-state index in [2.05, 4.69) is 15.3 Å². The highest BCUT2D eigenvalue weighted by Gasteiger charge is 2.26. The van der Waals surface area contributed by atoms with Crippen molar-refractivity contribution in [3.8, 4) is 0 Å². The van der Waals surface area contributed by atoms with Crippen LogP contribution in [0.1, 0.15) is 35.3 Å². The van der Waals surface area contributed by atoms with Crippen LogP contribution >= 0.6 is 11.8 Å². The Morgan fingerprint density at radius 1 is 1.38 bits per heavy atom. The molecule has 1 aliphatic heterocycles. The van der Waals surface area contributed by atoms with Gasteiger partial charge in [0.1, 0.15) is 10.6 Å². The number of carbonyl (C=O) groups is 2. The van der Waals surface area contributed by atoms with E-state index in [1.807, 2.05) is 0 Å². The van der Waals surface area contributed by atoms with E-state index in [4.69, 9.17) is 4.74 Å². The average Bonchev–Trinajstić information content (AvgIpc) is 2.63. The van der Waals surface area contributed by atoms with Gasteiger partial charge in [0.05, 0.1) is 12.4 Å². The first-order valence-electron chi connectivity index (χ1n) is 6.66. The molecule has 21 heavy (non-hydrogen) atoms. The number of aromatic amines is 1. The number of nitrogens with zero attached hydrogens (tertiary/aromatic N) is 1. The van der Waals surface area contributed by atoms with Crippen molar-refractivity contribution in [1.29, 1.82) is 0 Å². The minimum atomic E-state index is -0.576. The standard InChI is InChI=1S/C13H17N3O4S/c1-7-9(12(18)20-2)11(16-13(19)15-7)21-8-5-3-4-6-14-10(8)17/h8H,3-6H2,1-2H3,(H,14,17)(H,15,16,19)/t8-/m0/s1. The minimum absolute atomic E-state index is 0.0898. The highest BCUT2D eigenvalue weighted by Crippen LogP contribution is 2.29. The number of methoxy groups -OCH3 is 1. The molecule has 0 aromatic carbocycles. The van der Waals surface area contributed by atoms with Gasteiger partial charge in [0, 0.05) is 12.2 Å². The van der Waals surface area contributed by atoms with Gasteiger partial charge in [-0.25, -0.2) is 9.59 Å². The first-order valence-corrected chi connectivity index (χ1v) is 7.54. The molecule has 2 N–H and O–H groups in total. The highest BCUT2D eigenvalue weighted by molar-refractivity contribution is 8.00. The topological polar surface area (TPSA) is 101 Å². The molecule has 2 heterocycles. The third kappa shape index (κ3) is 3.63. The summed E-state index contributed by atoms with van der Waals surface area (Å²) >= 11 is 1.14. The van der Waals surface area contributed by atoms with Gasteiger partial charge in [0.25, 0.3) is 0 Å². The van der Waals surface area contributed by atoms with Crippen LogP contribution in [0.3, 0.4) is 0 Å². The van der Waals surface area contributed by atoms with Gasteiger partial charge >= 0.3 is 11.7 Å². The molecule has 0 unspecified atom stereocenters. The third-order valence-electron chi connectivity index (χ3n) is 3.21. The molecule has 0 spiro atoms. The summed E-state index contributed by atoms with van der Waals surface area (Å²) in [5.41, 5.74) is 0.0502. The van der Waals surface area contributed by atoms with E-state index in [1.165, 1.54) is 7.11 Å². The first kappa shape index (κ1) is 15.6. The predicted octanol–water partition coefficient (Wildman–Crippen LogP) is 0.626. The van der Waals surface area contributed by atoms with Gasteiger partial charge in [-0.3, -0.25) is 4.79 Å². The number of aromatic nitrogens is 2. The largest absolute Gasteiger partial charge is 0.465 e. The van der Waals surface area contributed by atoms with E-state index in [0.717, 1.165) is 24.6 Å². The van der Waals surface area contributed by atoms with Crippen molar-refractivity contribution < 1.29 is 14.3 Å². The van der Waals surface area contributed by atoms with Crippen molar-refractivity contribution in [2.45, 2.75) is 36.5 Å². The fourth-order valence-electron chi connectivity index (χ4n) is 2.15. The zero-order chi connectivity index (χ0) is 15.4. The van der Waals surface area contributed by atoms with Crippen molar-refractivity contribution in [3.63, 3.8) is 0 Å². The molecule has 1 saturated heterocycles. The molecular formula is C13H17N3O4S. The Labute approximate surface area is 125 Å². The van der Waals surface area contributed by atoms with Gasteiger partial charge in [0.15, 0.2) is 0 Å². The Kier molecular flexibility index (Phi) is 5.00. The van der Waals surface area contributed by atoms with E-state index in [-0.39, 0.29) is 21.7 Å². The van der Waals surface area contributed by atoms with E-state index >= 15 is 0 Å². The number of aryl methyl sites for hydroxylation is 1. The summed E-state index contributed by atoms with van der Waals surface area (Å²) < 4.78 is 4.72. The Morgan fingerprint density at radius 2 is 2.14 bits per heavy atom. The second-order valence-corrected chi connectivity index (χ2v) is 5.92. The zero-order valence-electron chi connectivity index (χ0n) is 11.9. The molecule has 0 saturated carbocycles. The van der Waals surface area contributed by atoms with Crippen LogP contribution in [0.25, 0.3) is 0 Å². The number of ether oxygens (including phenoxy) is 1. The van der Waals surface area contributed by atoms with Gasteiger partial charge in [-0.15, -0.1) is 0 Å². The summed E-state index contributed by atoms with van der Waals surface area (Å²) in [4.78, 5) is 41.7. The lowest BCUT2D eigenvalue weighted by Crippen LogP contribution is -2.31. The lowest BCUT2D eigenvalue weighted by molar-refractivity contribution is -0.120. The van der Waals surface area contributed by atoms with E-state index in [9.17, 15) is 14.4 Å². The number of thioether (sulfide) groups is 1. The van der Waals surface area contributed by atoms with Crippen LogP contribution in [0.2, 0.25) is 0 Å². The van der Waals surface area contributed by atoms with Crippen molar-refractivity contribution >= 4 is 23.6 Å². The summed E-state index contributed by atoms with van der Waals surface area (Å²) in [5.74, 6) is -0.666. The number of H-pyrrole nitrogens is 1. The molecule has 114 valence electrons. The van der Waals surface area contributed by atoms with E-state index < -0.39 is 11.7 Å². The minimum Gasteiger partial charge on any atom is -0.465 e. The Balaban J connectivity index is 2.35.